The third-order valence-electron chi connectivity index (χ3n) is 2.62. The molecule has 0 spiro atoms. The zero-order valence-corrected chi connectivity index (χ0v) is 10.8. The summed E-state index contributed by atoms with van der Waals surface area (Å²) in [5.41, 5.74) is 2.14. The van der Waals surface area contributed by atoms with Crippen molar-refractivity contribution in [3.8, 4) is 0 Å². The Morgan fingerprint density at radius 2 is 2.06 bits per heavy atom. The highest BCUT2D eigenvalue weighted by atomic mass is 16.5. The summed E-state index contributed by atoms with van der Waals surface area (Å²) in [4.78, 5) is 11.8. The zero-order chi connectivity index (χ0) is 12.7. The molecule has 3 nitrogen and oxygen atoms in total. The van der Waals surface area contributed by atoms with E-state index in [0.29, 0.717) is 6.61 Å². The van der Waals surface area contributed by atoms with E-state index in [2.05, 4.69) is 12.2 Å². The molecule has 0 radical (unpaired) electrons. The molecule has 0 bridgehead atoms. The lowest BCUT2D eigenvalue weighted by molar-refractivity contribution is -0.144. The summed E-state index contributed by atoms with van der Waals surface area (Å²) in [6, 6.07) is 7.71. The second kappa shape index (κ2) is 6.94. The largest absolute Gasteiger partial charge is 0.464 e. The van der Waals surface area contributed by atoms with Gasteiger partial charge in [0, 0.05) is 5.69 Å². The van der Waals surface area contributed by atoms with Crippen molar-refractivity contribution in [1.29, 1.82) is 0 Å². The first kappa shape index (κ1) is 13.6. The lowest BCUT2D eigenvalue weighted by atomic mass is 10.1. The number of anilines is 1. The molecule has 0 aliphatic rings. The fraction of sp³-hybridized carbons (Fsp3) is 0.500. The Labute approximate surface area is 103 Å². The molecule has 0 fully saturated rings. The van der Waals surface area contributed by atoms with Crippen LogP contribution in [-0.4, -0.2) is 18.6 Å². The van der Waals surface area contributed by atoms with Gasteiger partial charge in [-0.05, 0) is 31.9 Å². The molecule has 0 aliphatic carbocycles. The van der Waals surface area contributed by atoms with Crippen LogP contribution in [0.3, 0.4) is 0 Å². The Morgan fingerprint density at radius 3 is 2.65 bits per heavy atom. The van der Waals surface area contributed by atoms with Crippen LogP contribution in [0.15, 0.2) is 24.3 Å². The Morgan fingerprint density at radius 1 is 1.35 bits per heavy atom. The minimum atomic E-state index is -0.249. The van der Waals surface area contributed by atoms with Gasteiger partial charge >= 0.3 is 5.97 Å². The first-order chi connectivity index (χ1) is 8.19. The van der Waals surface area contributed by atoms with Crippen molar-refractivity contribution in [3.05, 3.63) is 29.8 Å². The summed E-state index contributed by atoms with van der Waals surface area (Å²) in [5, 5.41) is 3.26. The fourth-order valence-corrected chi connectivity index (χ4v) is 1.70. The number of aryl methyl sites for hydroxylation is 1. The Hall–Kier alpha value is -1.51. The van der Waals surface area contributed by atoms with E-state index in [1.807, 2.05) is 38.1 Å². The number of carbonyl (C=O) groups excluding carboxylic acids is 1. The van der Waals surface area contributed by atoms with E-state index < -0.39 is 0 Å². The molecule has 0 saturated heterocycles. The van der Waals surface area contributed by atoms with Gasteiger partial charge in [0.2, 0.25) is 0 Å². The lowest BCUT2D eigenvalue weighted by Crippen LogP contribution is -2.31. The molecular weight excluding hydrogens is 214 g/mol. The van der Waals surface area contributed by atoms with Gasteiger partial charge in [-0.2, -0.15) is 0 Å². The number of hydrogen-bond acceptors (Lipinski definition) is 3. The van der Waals surface area contributed by atoms with E-state index in [1.54, 1.807) is 0 Å². The molecule has 3 heteroatoms. The van der Waals surface area contributed by atoms with Gasteiger partial charge in [-0.1, -0.05) is 31.5 Å². The van der Waals surface area contributed by atoms with Crippen molar-refractivity contribution in [3.63, 3.8) is 0 Å². The molecule has 1 atom stereocenters. The van der Waals surface area contributed by atoms with Crippen LogP contribution in [0.25, 0.3) is 0 Å². The minimum Gasteiger partial charge on any atom is -0.464 e. The molecule has 1 rings (SSSR count). The molecule has 0 saturated carbocycles. The van der Waals surface area contributed by atoms with Crippen LogP contribution in [0.1, 0.15) is 32.3 Å². The van der Waals surface area contributed by atoms with E-state index in [4.69, 9.17) is 4.74 Å². The average Bonchev–Trinajstić information content (AvgIpc) is 2.31. The molecule has 94 valence electrons. The summed E-state index contributed by atoms with van der Waals surface area (Å²) in [5.74, 6) is -0.169. The molecular formula is C14H21NO2. The average molecular weight is 235 g/mol. The number of hydrogen-bond donors (Lipinski definition) is 1. The maximum atomic E-state index is 11.8. The second-order valence-electron chi connectivity index (χ2n) is 4.05. The van der Waals surface area contributed by atoms with Gasteiger partial charge in [0.05, 0.1) is 6.61 Å². The Balaban J connectivity index is 2.73. The van der Waals surface area contributed by atoms with Crippen molar-refractivity contribution < 1.29 is 9.53 Å². The van der Waals surface area contributed by atoms with Gasteiger partial charge in [-0.15, -0.1) is 0 Å². The van der Waals surface area contributed by atoms with Crippen molar-refractivity contribution >= 4 is 11.7 Å². The molecule has 0 amide bonds. The first-order valence-electron chi connectivity index (χ1n) is 6.17. The Bertz CT molecular complexity index is 363. The number of rotatable bonds is 6. The maximum Gasteiger partial charge on any atom is 0.328 e. The minimum absolute atomic E-state index is 0.169. The number of carbonyl (C=O) groups is 1. The van der Waals surface area contributed by atoms with Crippen LogP contribution in [0, 0.1) is 6.92 Å². The summed E-state index contributed by atoms with van der Waals surface area (Å²) in [7, 11) is 0. The van der Waals surface area contributed by atoms with E-state index in [1.165, 1.54) is 0 Å². The highest BCUT2D eigenvalue weighted by Gasteiger charge is 2.18. The highest BCUT2D eigenvalue weighted by molar-refractivity contribution is 5.79. The van der Waals surface area contributed by atoms with Gasteiger partial charge < -0.3 is 10.1 Å². The van der Waals surface area contributed by atoms with Crippen molar-refractivity contribution in [2.75, 3.05) is 11.9 Å². The predicted octanol–water partition coefficient (Wildman–Crippen LogP) is 3.14. The molecule has 0 heterocycles. The predicted molar refractivity (Wildman–Crippen MR) is 70.1 cm³/mol. The van der Waals surface area contributed by atoms with Crippen LogP contribution in [-0.2, 0) is 9.53 Å². The number of benzene rings is 1. The van der Waals surface area contributed by atoms with E-state index in [9.17, 15) is 4.79 Å². The van der Waals surface area contributed by atoms with Crippen molar-refractivity contribution in [1.82, 2.24) is 0 Å². The third-order valence-corrected chi connectivity index (χ3v) is 2.62. The molecule has 0 aliphatic heterocycles. The molecule has 1 N–H and O–H groups in total. The molecule has 0 aromatic heterocycles. The second-order valence-corrected chi connectivity index (χ2v) is 4.05. The van der Waals surface area contributed by atoms with Crippen LogP contribution in [0.4, 0.5) is 5.69 Å². The van der Waals surface area contributed by atoms with Crippen LogP contribution in [0.5, 0.6) is 0 Å². The van der Waals surface area contributed by atoms with Gasteiger partial charge in [-0.3, -0.25) is 0 Å². The maximum absolute atomic E-state index is 11.8. The van der Waals surface area contributed by atoms with Crippen molar-refractivity contribution in [2.45, 2.75) is 39.7 Å². The fourth-order valence-electron chi connectivity index (χ4n) is 1.70. The Kier molecular flexibility index (Phi) is 5.53. The molecule has 1 aromatic carbocycles. The number of ether oxygens (including phenoxy) is 1. The van der Waals surface area contributed by atoms with Crippen LogP contribution < -0.4 is 5.32 Å². The van der Waals surface area contributed by atoms with Gasteiger partial charge in [-0.25, -0.2) is 4.79 Å². The van der Waals surface area contributed by atoms with Crippen molar-refractivity contribution in [2.24, 2.45) is 0 Å². The van der Waals surface area contributed by atoms with E-state index in [0.717, 1.165) is 24.1 Å². The summed E-state index contributed by atoms with van der Waals surface area (Å²) < 4.78 is 5.07. The number of nitrogens with one attached hydrogen (secondary N) is 1. The quantitative estimate of drug-likeness (QED) is 0.770. The lowest BCUT2D eigenvalue weighted by Gasteiger charge is -2.19. The SMILES string of the molecule is CCCC(Nc1ccccc1C)C(=O)OCC. The standard InChI is InChI=1S/C14H21NO2/c1-4-8-13(14(16)17-5-2)15-12-10-7-6-9-11(12)3/h6-7,9-10,13,15H,4-5,8H2,1-3H3. The summed E-state index contributed by atoms with van der Waals surface area (Å²) in [6.45, 7) is 6.34. The number of para-hydroxylation sites is 1. The molecule has 1 aromatic rings. The normalized spacial score (nSPS) is 11.9. The van der Waals surface area contributed by atoms with Crippen LogP contribution >= 0.6 is 0 Å². The third kappa shape index (κ3) is 4.10. The topological polar surface area (TPSA) is 38.3 Å². The van der Waals surface area contributed by atoms with Crippen LogP contribution in [0.2, 0.25) is 0 Å². The van der Waals surface area contributed by atoms with E-state index in [-0.39, 0.29) is 12.0 Å². The van der Waals surface area contributed by atoms with Gasteiger partial charge in [0.1, 0.15) is 6.04 Å². The smallest absolute Gasteiger partial charge is 0.328 e. The monoisotopic (exact) mass is 235 g/mol. The highest BCUT2D eigenvalue weighted by Crippen LogP contribution is 2.16. The van der Waals surface area contributed by atoms with Gasteiger partial charge in [0.15, 0.2) is 0 Å². The number of esters is 1. The first-order valence-corrected chi connectivity index (χ1v) is 6.17. The van der Waals surface area contributed by atoms with E-state index >= 15 is 0 Å². The summed E-state index contributed by atoms with van der Waals surface area (Å²) >= 11 is 0. The van der Waals surface area contributed by atoms with Gasteiger partial charge in [0.25, 0.3) is 0 Å². The molecule has 17 heavy (non-hydrogen) atoms. The summed E-state index contributed by atoms with van der Waals surface area (Å²) in [6.07, 6.45) is 1.73. The molecule has 1 unspecified atom stereocenters. The zero-order valence-electron chi connectivity index (χ0n) is 10.8.